The van der Waals surface area contributed by atoms with Gasteiger partial charge in [-0.2, -0.15) is 0 Å². The second kappa shape index (κ2) is 6.05. The normalized spacial score (nSPS) is 17.5. The summed E-state index contributed by atoms with van der Waals surface area (Å²) in [6.07, 6.45) is 0.455. The lowest BCUT2D eigenvalue weighted by molar-refractivity contribution is -0.120. The van der Waals surface area contributed by atoms with Gasteiger partial charge in [0.05, 0.1) is 11.3 Å². The van der Waals surface area contributed by atoms with Crippen molar-refractivity contribution in [3.63, 3.8) is 0 Å². The van der Waals surface area contributed by atoms with Gasteiger partial charge in [0, 0.05) is 18.5 Å². The van der Waals surface area contributed by atoms with E-state index in [-0.39, 0.29) is 11.8 Å². The van der Waals surface area contributed by atoms with Crippen molar-refractivity contribution in [3.8, 4) is 0 Å². The molecule has 2 aromatic carbocycles. The monoisotopic (exact) mass is 328 g/mol. The first kappa shape index (κ1) is 15.6. The number of nitrogens with zero attached hydrogens (tertiary/aromatic N) is 1. The summed E-state index contributed by atoms with van der Waals surface area (Å²) in [7, 11) is 1.68. The third kappa shape index (κ3) is 3.08. The van der Waals surface area contributed by atoms with E-state index < -0.39 is 6.04 Å². The molecule has 1 N–H and O–H groups in total. The second-order valence-electron chi connectivity index (χ2n) is 5.77. The maximum atomic E-state index is 12.7. The number of halogens is 1. The number of fused-ring (bicyclic) bond motifs is 1. The summed E-state index contributed by atoms with van der Waals surface area (Å²) < 4.78 is 0. The number of carbonyl (C=O) groups is 2. The standard InChI is InChI=1S/C18H17ClN2O2/c1-11-3-5-12(6-4-11)9-15-18(23)21(2)16-8-7-13(19)10-14(16)17(22)20-15/h3-8,10,15H,9H2,1-2H3,(H,20,22)/t15-/m1/s1. The summed E-state index contributed by atoms with van der Waals surface area (Å²) in [5.41, 5.74) is 3.15. The number of likely N-dealkylation sites (N-methyl/N-ethyl adjacent to an activating group) is 1. The minimum absolute atomic E-state index is 0.139. The molecule has 0 unspecified atom stereocenters. The number of carbonyl (C=O) groups excluding carboxylic acids is 2. The van der Waals surface area contributed by atoms with Gasteiger partial charge in [0.25, 0.3) is 5.91 Å². The Morgan fingerprint density at radius 3 is 2.52 bits per heavy atom. The van der Waals surface area contributed by atoms with Gasteiger partial charge in [-0.1, -0.05) is 41.4 Å². The highest BCUT2D eigenvalue weighted by molar-refractivity contribution is 6.31. The number of anilines is 1. The van der Waals surface area contributed by atoms with Crippen molar-refractivity contribution in [1.82, 2.24) is 5.32 Å². The average Bonchev–Trinajstić information content (AvgIpc) is 2.61. The van der Waals surface area contributed by atoms with Crippen LogP contribution in [0.1, 0.15) is 21.5 Å². The van der Waals surface area contributed by atoms with E-state index >= 15 is 0 Å². The van der Waals surface area contributed by atoms with Crippen LogP contribution in [0.5, 0.6) is 0 Å². The first-order valence-corrected chi connectivity index (χ1v) is 7.77. The summed E-state index contributed by atoms with van der Waals surface area (Å²) in [5.74, 6) is -0.419. The number of nitrogens with one attached hydrogen (secondary N) is 1. The van der Waals surface area contributed by atoms with Gasteiger partial charge in [-0.25, -0.2) is 0 Å². The largest absolute Gasteiger partial charge is 0.340 e. The van der Waals surface area contributed by atoms with Crippen LogP contribution in [0.25, 0.3) is 0 Å². The molecule has 2 aromatic rings. The minimum atomic E-state index is -0.596. The number of aryl methyl sites for hydroxylation is 1. The summed E-state index contributed by atoms with van der Waals surface area (Å²) >= 11 is 5.98. The number of rotatable bonds is 2. The maximum absolute atomic E-state index is 12.7. The van der Waals surface area contributed by atoms with Crippen molar-refractivity contribution in [3.05, 3.63) is 64.2 Å². The molecule has 0 radical (unpaired) electrons. The van der Waals surface area contributed by atoms with E-state index in [4.69, 9.17) is 11.6 Å². The lowest BCUT2D eigenvalue weighted by atomic mass is 10.0. The van der Waals surface area contributed by atoms with Gasteiger partial charge in [0.15, 0.2) is 0 Å². The van der Waals surface area contributed by atoms with Crippen LogP contribution in [0.2, 0.25) is 5.02 Å². The molecule has 1 aliphatic heterocycles. The smallest absolute Gasteiger partial charge is 0.254 e. The zero-order valence-electron chi connectivity index (χ0n) is 13.0. The summed E-state index contributed by atoms with van der Waals surface area (Å²) in [6.45, 7) is 2.01. The molecule has 4 nitrogen and oxygen atoms in total. The van der Waals surface area contributed by atoms with Gasteiger partial charge >= 0.3 is 0 Å². The Kier molecular flexibility index (Phi) is 4.09. The molecule has 118 valence electrons. The van der Waals surface area contributed by atoms with E-state index in [0.29, 0.717) is 22.7 Å². The Balaban J connectivity index is 1.92. The zero-order chi connectivity index (χ0) is 16.6. The second-order valence-corrected chi connectivity index (χ2v) is 6.21. The Bertz CT molecular complexity index is 771. The predicted molar refractivity (Wildman–Crippen MR) is 91.0 cm³/mol. The van der Waals surface area contributed by atoms with E-state index in [9.17, 15) is 9.59 Å². The van der Waals surface area contributed by atoms with Gasteiger partial charge in [-0.15, -0.1) is 0 Å². The molecule has 5 heteroatoms. The van der Waals surface area contributed by atoms with E-state index in [1.165, 1.54) is 4.90 Å². The molecule has 0 spiro atoms. The summed E-state index contributed by atoms with van der Waals surface area (Å²) in [5, 5.41) is 3.29. The molecular formula is C18H17ClN2O2. The fourth-order valence-electron chi connectivity index (χ4n) is 2.73. The van der Waals surface area contributed by atoms with Crippen LogP contribution in [-0.4, -0.2) is 24.9 Å². The van der Waals surface area contributed by atoms with Crippen molar-refractivity contribution in [2.75, 3.05) is 11.9 Å². The molecule has 3 rings (SSSR count). The Morgan fingerprint density at radius 1 is 1.13 bits per heavy atom. The highest BCUT2D eigenvalue weighted by Gasteiger charge is 2.31. The van der Waals surface area contributed by atoms with E-state index in [2.05, 4.69) is 5.32 Å². The number of amides is 2. The molecule has 0 saturated heterocycles. The Labute approximate surface area is 140 Å². The lowest BCUT2D eigenvalue weighted by Gasteiger charge is -2.21. The molecule has 23 heavy (non-hydrogen) atoms. The fraction of sp³-hybridized carbons (Fsp3) is 0.222. The summed E-state index contributed by atoms with van der Waals surface area (Å²) in [4.78, 5) is 26.7. The SMILES string of the molecule is Cc1ccc(C[C@H]2NC(=O)c3cc(Cl)ccc3N(C)C2=O)cc1. The maximum Gasteiger partial charge on any atom is 0.254 e. The average molecular weight is 329 g/mol. The zero-order valence-corrected chi connectivity index (χ0v) is 13.7. The number of hydrogen-bond acceptors (Lipinski definition) is 2. The van der Waals surface area contributed by atoms with Crippen LogP contribution in [0, 0.1) is 6.92 Å². The molecule has 0 saturated carbocycles. The molecule has 1 aliphatic rings. The van der Waals surface area contributed by atoms with Gasteiger partial charge in [-0.05, 0) is 30.7 Å². The lowest BCUT2D eigenvalue weighted by Crippen LogP contribution is -2.45. The van der Waals surface area contributed by atoms with Gasteiger partial charge < -0.3 is 10.2 Å². The van der Waals surface area contributed by atoms with Crippen molar-refractivity contribution in [2.24, 2.45) is 0 Å². The number of benzene rings is 2. The van der Waals surface area contributed by atoms with Crippen molar-refractivity contribution >= 4 is 29.1 Å². The molecular weight excluding hydrogens is 312 g/mol. The Hall–Kier alpha value is -2.33. The summed E-state index contributed by atoms with van der Waals surface area (Å²) in [6, 6.07) is 12.3. The molecule has 2 amide bonds. The molecule has 0 bridgehead atoms. The molecule has 0 aliphatic carbocycles. The van der Waals surface area contributed by atoms with Gasteiger partial charge in [0.2, 0.25) is 5.91 Å². The first-order valence-electron chi connectivity index (χ1n) is 7.39. The van der Waals surface area contributed by atoms with Crippen LogP contribution in [-0.2, 0) is 11.2 Å². The molecule has 1 atom stereocenters. The first-order chi connectivity index (χ1) is 11.0. The third-order valence-corrected chi connectivity index (χ3v) is 4.29. The van der Waals surface area contributed by atoms with Crippen LogP contribution < -0.4 is 10.2 Å². The van der Waals surface area contributed by atoms with E-state index in [0.717, 1.165) is 11.1 Å². The molecule has 0 fully saturated rings. The van der Waals surface area contributed by atoms with Crippen molar-refractivity contribution in [1.29, 1.82) is 0 Å². The third-order valence-electron chi connectivity index (χ3n) is 4.06. The van der Waals surface area contributed by atoms with E-state index in [1.807, 2.05) is 31.2 Å². The van der Waals surface area contributed by atoms with Crippen LogP contribution in [0.15, 0.2) is 42.5 Å². The van der Waals surface area contributed by atoms with E-state index in [1.54, 1.807) is 25.2 Å². The fourth-order valence-corrected chi connectivity index (χ4v) is 2.90. The number of hydrogen-bond donors (Lipinski definition) is 1. The minimum Gasteiger partial charge on any atom is -0.340 e. The molecule has 0 aromatic heterocycles. The van der Waals surface area contributed by atoms with Crippen molar-refractivity contribution < 1.29 is 9.59 Å². The predicted octanol–water partition coefficient (Wildman–Crippen LogP) is 2.97. The molecule has 1 heterocycles. The van der Waals surface area contributed by atoms with Crippen LogP contribution in [0.3, 0.4) is 0 Å². The van der Waals surface area contributed by atoms with Crippen LogP contribution in [0.4, 0.5) is 5.69 Å². The quantitative estimate of drug-likeness (QED) is 0.921. The van der Waals surface area contributed by atoms with Gasteiger partial charge in [0.1, 0.15) is 6.04 Å². The van der Waals surface area contributed by atoms with Crippen LogP contribution >= 0.6 is 11.6 Å². The van der Waals surface area contributed by atoms with Gasteiger partial charge in [-0.3, -0.25) is 9.59 Å². The highest BCUT2D eigenvalue weighted by Crippen LogP contribution is 2.27. The highest BCUT2D eigenvalue weighted by atomic mass is 35.5. The topological polar surface area (TPSA) is 49.4 Å². The Morgan fingerprint density at radius 2 is 1.83 bits per heavy atom. The van der Waals surface area contributed by atoms with Crippen molar-refractivity contribution in [2.45, 2.75) is 19.4 Å².